The van der Waals surface area contributed by atoms with E-state index in [-0.39, 0.29) is 11.5 Å². The number of rotatable bonds is 4. The van der Waals surface area contributed by atoms with E-state index in [9.17, 15) is 24.9 Å². The molecule has 2 amide bonds. The predicted octanol–water partition coefficient (Wildman–Crippen LogP) is -0.419. The number of anilines is 1. The van der Waals surface area contributed by atoms with Gasteiger partial charge in [-0.05, 0) is 12.1 Å². The number of benzene rings is 1. The average molecular weight is 360 g/mol. The van der Waals surface area contributed by atoms with Crippen molar-refractivity contribution in [3.63, 3.8) is 0 Å². The number of fused-ring (bicyclic) bond motifs is 1. The van der Waals surface area contributed by atoms with E-state index in [4.69, 9.17) is 0 Å². The van der Waals surface area contributed by atoms with E-state index in [1.54, 1.807) is 24.3 Å². The summed E-state index contributed by atoms with van der Waals surface area (Å²) in [5.74, 6) is -0.718. The van der Waals surface area contributed by atoms with Crippen molar-refractivity contribution in [2.45, 2.75) is 31.2 Å². The summed E-state index contributed by atoms with van der Waals surface area (Å²) in [4.78, 5) is 28.1. The van der Waals surface area contributed by atoms with Gasteiger partial charge in [0.2, 0.25) is 5.91 Å². The number of nitrogens with one attached hydrogen (secondary N) is 2. The van der Waals surface area contributed by atoms with Crippen molar-refractivity contribution in [3.05, 3.63) is 48.0 Å². The summed E-state index contributed by atoms with van der Waals surface area (Å²) in [6.07, 6.45) is -1.31. The van der Waals surface area contributed by atoms with Gasteiger partial charge in [-0.15, -0.1) is 0 Å². The third-order valence-electron chi connectivity index (χ3n) is 4.29. The molecular weight excluding hydrogens is 340 g/mol. The van der Waals surface area contributed by atoms with Gasteiger partial charge in [-0.2, -0.15) is 0 Å². The Morgan fingerprint density at radius 1 is 1.19 bits per heavy atom. The lowest BCUT2D eigenvalue weighted by atomic mass is 9.94. The van der Waals surface area contributed by atoms with Crippen LogP contribution in [0.5, 0.6) is 0 Å². The van der Waals surface area contributed by atoms with Gasteiger partial charge in [0.05, 0.1) is 12.6 Å². The number of carbonyl (C=O) groups excluding carboxylic acids is 2. The molecule has 9 heteroatoms. The molecule has 0 spiro atoms. The Labute approximate surface area is 149 Å². The van der Waals surface area contributed by atoms with Gasteiger partial charge in [-0.25, -0.2) is 4.98 Å². The van der Waals surface area contributed by atoms with E-state index in [0.29, 0.717) is 5.69 Å². The van der Waals surface area contributed by atoms with E-state index >= 15 is 0 Å². The van der Waals surface area contributed by atoms with Gasteiger partial charge in [0.1, 0.15) is 29.8 Å². The Balaban J connectivity index is 1.95. The summed E-state index contributed by atoms with van der Waals surface area (Å²) in [6, 6.07) is 6.93. The fourth-order valence-corrected chi connectivity index (χ4v) is 3.04. The average Bonchev–Trinajstić information content (AvgIpc) is 3.05. The number of para-hydroxylation sites is 1. The fourth-order valence-electron chi connectivity index (χ4n) is 3.04. The Kier molecular flexibility index (Phi) is 5.03. The first-order valence-corrected chi connectivity index (χ1v) is 8.11. The molecule has 2 heterocycles. The van der Waals surface area contributed by atoms with Crippen LogP contribution < -0.4 is 10.6 Å². The number of amides is 2. The van der Waals surface area contributed by atoms with Crippen LogP contribution in [-0.4, -0.2) is 55.5 Å². The minimum atomic E-state index is -1.36. The zero-order valence-corrected chi connectivity index (χ0v) is 14.0. The van der Waals surface area contributed by atoms with Gasteiger partial charge in [-0.1, -0.05) is 18.2 Å². The van der Waals surface area contributed by atoms with Crippen molar-refractivity contribution in [2.24, 2.45) is 0 Å². The number of aliphatic hydroxyl groups excluding tert-OH is 3. The van der Waals surface area contributed by atoms with Crippen LogP contribution in [0.4, 0.5) is 5.69 Å². The van der Waals surface area contributed by atoms with Crippen LogP contribution in [-0.2, 0) is 4.79 Å². The van der Waals surface area contributed by atoms with Crippen LogP contribution in [0.2, 0.25) is 0 Å². The minimum Gasteiger partial charge on any atom is -0.394 e. The molecular formula is C17H20N4O5. The summed E-state index contributed by atoms with van der Waals surface area (Å²) in [6.45, 7) is 0.807. The number of hydrogen-bond donors (Lipinski definition) is 5. The molecule has 1 aliphatic heterocycles. The number of nitrogens with zero attached hydrogens (tertiary/aromatic N) is 2. The number of aliphatic hydroxyl groups is 3. The van der Waals surface area contributed by atoms with Gasteiger partial charge in [0.15, 0.2) is 0 Å². The zero-order valence-electron chi connectivity index (χ0n) is 14.0. The molecule has 3 rings (SSSR count). The lowest BCUT2D eigenvalue weighted by molar-refractivity contribution is -0.123. The SMILES string of the molecule is CC(=O)NC1c2nc(C(=O)Nc3ccccc3)cn2C(CO)[C@@H](O)[C@@H]1O. The second-order valence-electron chi connectivity index (χ2n) is 6.12. The Bertz CT molecular complexity index is 807. The number of aromatic nitrogens is 2. The van der Waals surface area contributed by atoms with E-state index in [2.05, 4.69) is 15.6 Å². The second-order valence-corrected chi connectivity index (χ2v) is 6.12. The lowest BCUT2D eigenvalue weighted by Gasteiger charge is -2.37. The summed E-state index contributed by atoms with van der Waals surface area (Å²) in [5.41, 5.74) is 0.625. The van der Waals surface area contributed by atoms with Crippen LogP contribution in [0.3, 0.4) is 0 Å². The first-order valence-electron chi connectivity index (χ1n) is 8.11. The topological polar surface area (TPSA) is 137 Å². The van der Waals surface area contributed by atoms with E-state index in [1.165, 1.54) is 17.7 Å². The molecule has 138 valence electrons. The van der Waals surface area contributed by atoms with Crippen molar-refractivity contribution in [3.8, 4) is 0 Å². The van der Waals surface area contributed by atoms with Crippen molar-refractivity contribution >= 4 is 17.5 Å². The molecule has 1 aromatic heterocycles. The minimum absolute atomic E-state index is 0.0407. The maximum atomic E-state index is 12.5. The van der Waals surface area contributed by atoms with Crippen LogP contribution in [0, 0.1) is 0 Å². The molecule has 2 unspecified atom stereocenters. The molecule has 1 aliphatic rings. The van der Waals surface area contributed by atoms with Gasteiger partial charge < -0.3 is 30.5 Å². The summed E-state index contributed by atoms with van der Waals surface area (Å²) in [5, 5.41) is 35.3. The molecule has 0 saturated carbocycles. The molecule has 26 heavy (non-hydrogen) atoms. The van der Waals surface area contributed by atoms with Crippen molar-refractivity contribution in [1.82, 2.24) is 14.9 Å². The first-order chi connectivity index (χ1) is 12.4. The van der Waals surface area contributed by atoms with Crippen LogP contribution in [0.1, 0.15) is 35.3 Å². The summed E-state index contributed by atoms with van der Waals surface area (Å²) < 4.78 is 1.41. The summed E-state index contributed by atoms with van der Waals surface area (Å²) in [7, 11) is 0. The van der Waals surface area contributed by atoms with E-state index in [1.807, 2.05) is 6.07 Å². The fraction of sp³-hybridized carbons (Fsp3) is 0.353. The molecule has 0 bridgehead atoms. The Hall–Kier alpha value is -2.75. The van der Waals surface area contributed by atoms with Gasteiger partial charge in [0.25, 0.3) is 5.91 Å². The van der Waals surface area contributed by atoms with Crippen LogP contribution >= 0.6 is 0 Å². The van der Waals surface area contributed by atoms with Crippen LogP contribution in [0.25, 0.3) is 0 Å². The molecule has 1 aromatic carbocycles. The molecule has 0 aliphatic carbocycles. The molecule has 0 radical (unpaired) electrons. The first kappa shape index (κ1) is 18.1. The zero-order chi connectivity index (χ0) is 18.8. The lowest BCUT2D eigenvalue weighted by Crippen LogP contribution is -2.51. The predicted molar refractivity (Wildman–Crippen MR) is 91.3 cm³/mol. The smallest absolute Gasteiger partial charge is 0.275 e. The van der Waals surface area contributed by atoms with E-state index in [0.717, 1.165) is 0 Å². The second kappa shape index (κ2) is 7.24. The van der Waals surface area contributed by atoms with Crippen molar-refractivity contribution in [2.75, 3.05) is 11.9 Å². The third kappa shape index (κ3) is 3.32. The van der Waals surface area contributed by atoms with Crippen LogP contribution in [0.15, 0.2) is 36.5 Å². The molecule has 2 aromatic rings. The highest BCUT2D eigenvalue weighted by molar-refractivity contribution is 6.02. The molecule has 9 nitrogen and oxygen atoms in total. The highest BCUT2D eigenvalue weighted by Crippen LogP contribution is 2.32. The molecule has 0 fully saturated rings. The molecule has 0 saturated heterocycles. The largest absolute Gasteiger partial charge is 0.394 e. The highest BCUT2D eigenvalue weighted by Gasteiger charge is 2.43. The number of imidazole rings is 1. The molecule has 4 atom stereocenters. The quantitative estimate of drug-likeness (QED) is 0.502. The maximum Gasteiger partial charge on any atom is 0.275 e. The van der Waals surface area contributed by atoms with Gasteiger partial charge in [0, 0.05) is 18.8 Å². The number of hydrogen-bond acceptors (Lipinski definition) is 6. The van der Waals surface area contributed by atoms with E-state index < -0.39 is 42.7 Å². The van der Waals surface area contributed by atoms with Gasteiger partial charge >= 0.3 is 0 Å². The third-order valence-corrected chi connectivity index (χ3v) is 4.29. The Morgan fingerprint density at radius 3 is 2.50 bits per heavy atom. The van der Waals surface area contributed by atoms with Gasteiger partial charge in [-0.3, -0.25) is 9.59 Å². The normalized spacial score (nSPS) is 24.6. The standard InChI is InChI=1S/C17H20N4O5/c1-9(23)18-13-15(25)14(24)12(8-22)21-7-11(20-16(13)21)17(26)19-10-5-3-2-4-6-10/h2-7,12-15,22,24-25H,8H2,1H3,(H,18,23)(H,19,26)/t12?,13?,14-,15-/m1/s1. The van der Waals surface area contributed by atoms with Crippen molar-refractivity contribution in [1.29, 1.82) is 0 Å². The molecule has 5 N–H and O–H groups in total. The Morgan fingerprint density at radius 2 is 1.88 bits per heavy atom. The monoisotopic (exact) mass is 360 g/mol. The number of carbonyl (C=O) groups is 2. The van der Waals surface area contributed by atoms with Crippen molar-refractivity contribution < 1.29 is 24.9 Å². The maximum absolute atomic E-state index is 12.5. The summed E-state index contributed by atoms with van der Waals surface area (Å²) >= 11 is 0. The highest BCUT2D eigenvalue weighted by atomic mass is 16.3.